The van der Waals surface area contributed by atoms with Crippen LogP contribution in [0.1, 0.15) is 24.2 Å². The van der Waals surface area contributed by atoms with Gasteiger partial charge in [0, 0.05) is 17.5 Å². The van der Waals surface area contributed by atoms with Gasteiger partial charge in [0.25, 0.3) is 0 Å². The molecule has 1 unspecified atom stereocenters. The van der Waals surface area contributed by atoms with Crippen molar-refractivity contribution in [3.63, 3.8) is 0 Å². The van der Waals surface area contributed by atoms with E-state index < -0.39 is 5.97 Å². The zero-order valence-electron chi connectivity index (χ0n) is 12.8. The van der Waals surface area contributed by atoms with Crippen LogP contribution in [0.4, 0.5) is 5.69 Å². The van der Waals surface area contributed by atoms with E-state index in [0.717, 1.165) is 11.4 Å². The number of carbonyl (C=O) groups is 1. The molecule has 1 atom stereocenters. The average molecular weight is 296 g/mol. The predicted octanol–water partition coefficient (Wildman–Crippen LogP) is 3.10. The molecule has 1 rings (SSSR count). The SMILES string of the molecule is CSc1cccc(NC(CN(C)C)C(C)C)c1C(=O)O. The van der Waals surface area contributed by atoms with Gasteiger partial charge in [-0.1, -0.05) is 19.9 Å². The summed E-state index contributed by atoms with van der Waals surface area (Å²) in [6, 6.07) is 5.79. The quantitative estimate of drug-likeness (QED) is 0.757. The largest absolute Gasteiger partial charge is 0.478 e. The van der Waals surface area contributed by atoms with Gasteiger partial charge in [-0.3, -0.25) is 0 Å². The van der Waals surface area contributed by atoms with Crippen molar-refractivity contribution in [2.45, 2.75) is 24.8 Å². The fourth-order valence-electron chi connectivity index (χ4n) is 2.06. The summed E-state index contributed by atoms with van der Waals surface area (Å²) in [5.74, 6) is -0.471. The van der Waals surface area contributed by atoms with Gasteiger partial charge in [-0.15, -0.1) is 11.8 Å². The van der Waals surface area contributed by atoms with Crippen molar-refractivity contribution in [2.24, 2.45) is 5.92 Å². The molecular weight excluding hydrogens is 272 g/mol. The second-order valence-corrected chi connectivity index (χ2v) is 6.29. The van der Waals surface area contributed by atoms with Crippen LogP contribution in [0.2, 0.25) is 0 Å². The summed E-state index contributed by atoms with van der Waals surface area (Å²) in [7, 11) is 4.04. The molecule has 0 heterocycles. The number of nitrogens with zero attached hydrogens (tertiary/aromatic N) is 1. The average Bonchev–Trinajstić information content (AvgIpc) is 2.36. The highest BCUT2D eigenvalue weighted by Gasteiger charge is 2.20. The molecule has 0 spiro atoms. The molecular formula is C15H24N2O2S. The topological polar surface area (TPSA) is 52.6 Å². The first-order valence-corrected chi connectivity index (χ1v) is 7.90. The number of aromatic carboxylic acids is 1. The van der Waals surface area contributed by atoms with E-state index in [1.807, 2.05) is 38.6 Å². The molecule has 0 radical (unpaired) electrons. The molecule has 112 valence electrons. The zero-order chi connectivity index (χ0) is 15.3. The molecule has 4 nitrogen and oxygen atoms in total. The maximum Gasteiger partial charge on any atom is 0.338 e. The molecule has 0 aromatic heterocycles. The number of thioether (sulfide) groups is 1. The van der Waals surface area contributed by atoms with E-state index in [1.54, 1.807) is 0 Å². The Morgan fingerprint density at radius 1 is 1.40 bits per heavy atom. The van der Waals surface area contributed by atoms with Gasteiger partial charge >= 0.3 is 5.97 Å². The van der Waals surface area contributed by atoms with Crippen LogP contribution in [0.3, 0.4) is 0 Å². The number of hydrogen-bond acceptors (Lipinski definition) is 4. The van der Waals surface area contributed by atoms with Gasteiger partial charge in [-0.05, 0) is 38.4 Å². The molecule has 0 aliphatic carbocycles. The van der Waals surface area contributed by atoms with Crippen LogP contribution in [-0.4, -0.2) is 48.9 Å². The molecule has 5 heteroatoms. The molecule has 1 aromatic rings. The second-order valence-electron chi connectivity index (χ2n) is 5.45. The number of anilines is 1. The van der Waals surface area contributed by atoms with Crippen LogP contribution in [0, 0.1) is 5.92 Å². The van der Waals surface area contributed by atoms with Crippen molar-refractivity contribution in [2.75, 3.05) is 32.2 Å². The molecule has 0 aliphatic heterocycles. The summed E-state index contributed by atoms with van der Waals surface area (Å²) >= 11 is 1.46. The summed E-state index contributed by atoms with van der Waals surface area (Å²) < 4.78 is 0. The van der Waals surface area contributed by atoms with E-state index in [1.165, 1.54) is 11.8 Å². The minimum atomic E-state index is -0.884. The van der Waals surface area contributed by atoms with Crippen LogP contribution in [0.5, 0.6) is 0 Å². The first kappa shape index (κ1) is 16.9. The van der Waals surface area contributed by atoms with Crippen LogP contribution >= 0.6 is 11.8 Å². The number of carboxylic acid groups (broad SMARTS) is 1. The zero-order valence-corrected chi connectivity index (χ0v) is 13.6. The third-order valence-electron chi connectivity index (χ3n) is 3.17. The Balaban J connectivity index is 3.09. The first-order valence-electron chi connectivity index (χ1n) is 6.68. The van der Waals surface area contributed by atoms with Gasteiger partial charge in [-0.25, -0.2) is 4.79 Å². The van der Waals surface area contributed by atoms with Crippen molar-refractivity contribution in [3.05, 3.63) is 23.8 Å². The smallest absolute Gasteiger partial charge is 0.338 e. The number of nitrogens with one attached hydrogen (secondary N) is 1. The normalized spacial score (nSPS) is 12.8. The van der Waals surface area contributed by atoms with Gasteiger partial charge in [0.05, 0.1) is 11.3 Å². The van der Waals surface area contributed by atoms with Crippen molar-refractivity contribution in [3.8, 4) is 0 Å². The first-order chi connectivity index (χ1) is 9.36. The Morgan fingerprint density at radius 3 is 2.50 bits per heavy atom. The van der Waals surface area contributed by atoms with Gasteiger partial charge in [0.15, 0.2) is 0 Å². The lowest BCUT2D eigenvalue weighted by atomic mass is 10.0. The molecule has 20 heavy (non-hydrogen) atoms. The fraction of sp³-hybridized carbons (Fsp3) is 0.533. The van der Waals surface area contributed by atoms with E-state index >= 15 is 0 Å². The van der Waals surface area contributed by atoms with Crippen LogP contribution in [0.15, 0.2) is 23.1 Å². The molecule has 0 saturated carbocycles. The Kier molecular flexibility index (Phi) is 6.36. The monoisotopic (exact) mass is 296 g/mol. The Bertz CT molecular complexity index is 461. The number of likely N-dealkylation sites (N-methyl/N-ethyl adjacent to an activating group) is 1. The summed E-state index contributed by atoms with van der Waals surface area (Å²) in [6.45, 7) is 5.14. The van der Waals surface area contributed by atoms with Gasteiger partial charge < -0.3 is 15.3 Å². The fourth-order valence-corrected chi connectivity index (χ4v) is 2.67. The maximum absolute atomic E-state index is 11.5. The predicted molar refractivity (Wildman–Crippen MR) is 86.0 cm³/mol. The highest BCUT2D eigenvalue weighted by atomic mass is 32.2. The van der Waals surface area contributed by atoms with Crippen LogP contribution < -0.4 is 5.32 Å². The lowest BCUT2D eigenvalue weighted by Crippen LogP contribution is -2.36. The van der Waals surface area contributed by atoms with Crippen molar-refractivity contribution < 1.29 is 9.90 Å². The van der Waals surface area contributed by atoms with Crippen molar-refractivity contribution in [1.82, 2.24) is 4.90 Å². The summed E-state index contributed by atoms with van der Waals surface area (Å²) in [6.07, 6.45) is 1.89. The summed E-state index contributed by atoms with van der Waals surface area (Å²) in [5, 5.41) is 12.8. The van der Waals surface area contributed by atoms with Crippen molar-refractivity contribution in [1.29, 1.82) is 0 Å². The third kappa shape index (κ3) is 4.42. The third-order valence-corrected chi connectivity index (χ3v) is 3.95. The second kappa shape index (κ2) is 7.55. The minimum Gasteiger partial charge on any atom is -0.478 e. The van der Waals surface area contributed by atoms with Crippen LogP contribution in [0.25, 0.3) is 0 Å². The Morgan fingerprint density at radius 2 is 2.05 bits per heavy atom. The minimum absolute atomic E-state index is 0.209. The number of carboxylic acids is 1. The lowest BCUT2D eigenvalue weighted by molar-refractivity contribution is 0.0694. The Hall–Kier alpha value is -1.20. The molecule has 1 aromatic carbocycles. The molecule has 2 N–H and O–H groups in total. The molecule has 0 saturated heterocycles. The van der Waals surface area contributed by atoms with Gasteiger partial charge in [0.2, 0.25) is 0 Å². The van der Waals surface area contributed by atoms with Crippen molar-refractivity contribution >= 4 is 23.4 Å². The molecule has 0 amide bonds. The van der Waals surface area contributed by atoms with E-state index in [2.05, 4.69) is 24.1 Å². The van der Waals surface area contributed by atoms with Crippen LogP contribution in [-0.2, 0) is 0 Å². The molecule has 0 fully saturated rings. The number of benzene rings is 1. The van der Waals surface area contributed by atoms with E-state index in [9.17, 15) is 9.90 Å². The Labute approximate surface area is 125 Å². The van der Waals surface area contributed by atoms with E-state index in [-0.39, 0.29) is 6.04 Å². The highest BCUT2D eigenvalue weighted by Crippen LogP contribution is 2.28. The highest BCUT2D eigenvalue weighted by molar-refractivity contribution is 7.98. The summed E-state index contributed by atoms with van der Waals surface area (Å²) in [4.78, 5) is 14.4. The van der Waals surface area contributed by atoms with E-state index in [0.29, 0.717) is 17.2 Å². The number of hydrogen-bond donors (Lipinski definition) is 2. The van der Waals surface area contributed by atoms with Gasteiger partial charge in [0.1, 0.15) is 0 Å². The van der Waals surface area contributed by atoms with E-state index in [4.69, 9.17) is 0 Å². The summed E-state index contributed by atoms with van der Waals surface area (Å²) in [5.41, 5.74) is 1.06. The molecule has 0 aliphatic rings. The number of rotatable bonds is 7. The standard InChI is InChI=1S/C15H24N2O2S/c1-10(2)12(9-17(3)4)16-11-7-6-8-13(20-5)14(11)15(18)19/h6-8,10,12,16H,9H2,1-5H3,(H,18,19). The maximum atomic E-state index is 11.5. The lowest BCUT2D eigenvalue weighted by Gasteiger charge is -2.27. The van der Waals surface area contributed by atoms with Gasteiger partial charge in [-0.2, -0.15) is 0 Å². The molecule has 0 bridgehead atoms.